The Balaban J connectivity index is 1.70. The Morgan fingerprint density at radius 1 is 1.39 bits per heavy atom. The summed E-state index contributed by atoms with van der Waals surface area (Å²) in [4.78, 5) is 1.44. The van der Waals surface area contributed by atoms with Crippen LogP contribution in [0.15, 0.2) is 34.3 Å². The molecule has 2 aromatic rings. The molecule has 0 saturated heterocycles. The second-order valence-corrected chi connectivity index (χ2v) is 6.49. The van der Waals surface area contributed by atoms with Crippen molar-refractivity contribution in [3.05, 3.63) is 35.7 Å². The van der Waals surface area contributed by atoms with Crippen LogP contribution in [0.2, 0.25) is 0 Å². The molecule has 1 aromatic heterocycles. The summed E-state index contributed by atoms with van der Waals surface area (Å²) >= 11 is 3.77. The molecule has 0 fully saturated rings. The third kappa shape index (κ3) is 2.17. The summed E-state index contributed by atoms with van der Waals surface area (Å²) in [5.41, 5.74) is 1.49. The van der Waals surface area contributed by atoms with Crippen LogP contribution in [-0.4, -0.2) is 26.3 Å². The Morgan fingerprint density at radius 2 is 2.22 bits per heavy atom. The van der Waals surface area contributed by atoms with E-state index < -0.39 is 0 Å². The highest BCUT2D eigenvalue weighted by Gasteiger charge is 2.23. The van der Waals surface area contributed by atoms with E-state index in [1.165, 1.54) is 16.2 Å². The minimum Gasteiger partial charge on any atom is -0.309 e. The molecule has 0 radical (unpaired) electrons. The number of rotatable bonds is 3. The van der Waals surface area contributed by atoms with Gasteiger partial charge < -0.3 is 4.57 Å². The standard InChI is InChI=1S/C13H15N3S2/c1-9-14-15-13(16(9)2)18-8-10-7-17-12-6-4-3-5-11(10)12/h3-6,10H,7-8H2,1-2H3. The normalized spacial score (nSPS) is 18.0. The van der Waals surface area contributed by atoms with Gasteiger partial charge in [-0.25, -0.2) is 0 Å². The molecule has 1 unspecified atom stereocenters. The SMILES string of the molecule is Cc1nnc(SCC2CSc3ccccc32)n1C. The van der Waals surface area contributed by atoms with Gasteiger partial charge in [-0.15, -0.1) is 22.0 Å². The average molecular weight is 277 g/mol. The quantitative estimate of drug-likeness (QED) is 0.807. The summed E-state index contributed by atoms with van der Waals surface area (Å²) in [6.45, 7) is 1.98. The first-order chi connectivity index (χ1) is 8.75. The summed E-state index contributed by atoms with van der Waals surface area (Å²) < 4.78 is 2.05. The maximum Gasteiger partial charge on any atom is 0.190 e. The minimum atomic E-state index is 0.633. The first-order valence-corrected chi connectivity index (χ1v) is 7.93. The summed E-state index contributed by atoms with van der Waals surface area (Å²) in [5, 5.41) is 9.31. The number of fused-ring (bicyclic) bond motifs is 1. The van der Waals surface area contributed by atoms with Gasteiger partial charge in [0.1, 0.15) is 5.82 Å². The lowest BCUT2D eigenvalue weighted by Crippen LogP contribution is -2.02. The van der Waals surface area contributed by atoms with Gasteiger partial charge in [-0.05, 0) is 18.6 Å². The van der Waals surface area contributed by atoms with Crippen molar-refractivity contribution in [2.75, 3.05) is 11.5 Å². The van der Waals surface area contributed by atoms with Gasteiger partial charge in [0, 0.05) is 29.4 Å². The molecular formula is C13H15N3S2. The van der Waals surface area contributed by atoms with Crippen molar-refractivity contribution in [1.82, 2.24) is 14.8 Å². The molecule has 3 rings (SSSR count). The van der Waals surface area contributed by atoms with E-state index in [4.69, 9.17) is 0 Å². The molecule has 0 N–H and O–H groups in total. The highest BCUT2D eigenvalue weighted by atomic mass is 32.2. The highest BCUT2D eigenvalue weighted by Crippen LogP contribution is 2.41. The van der Waals surface area contributed by atoms with E-state index >= 15 is 0 Å². The fourth-order valence-corrected chi connectivity index (χ4v) is 4.53. The molecule has 5 heteroatoms. The summed E-state index contributed by atoms with van der Waals surface area (Å²) in [5.74, 6) is 3.87. The average Bonchev–Trinajstić information content (AvgIpc) is 2.94. The van der Waals surface area contributed by atoms with Crippen molar-refractivity contribution in [2.24, 2.45) is 7.05 Å². The number of hydrogen-bond acceptors (Lipinski definition) is 4. The smallest absolute Gasteiger partial charge is 0.190 e. The number of hydrogen-bond donors (Lipinski definition) is 0. The van der Waals surface area contributed by atoms with E-state index in [-0.39, 0.29) is 0 Å². The topological polar surface area (TPSA) is 30.7 Å². The van der Waals surface area contributed by atoms with Crippen molar-refractivity contribution >= 4 is 23.5 Å². The van der Waals surface area contributed by atoms with Gasteiger partial charge in [-0.2, -0.15) is 0 Å². The van der Waals surface area contributed by atoms with E-state index in [9.17, 15) is 0 Å². The first kappa shape index (κ1) is 12.1. The van der Waals surface area contributed by atoms with Crippen LogP contribution >= 0.6 is 23.5 Å². The van der Waals surface area contributed by atoms with Crippen molar-refractivity contribution in [1.29, 1.82) is 0 Å². The predicted molar refractivity (Wildman–Crippen MR) is 76.4 cm³/mol. The zero-order valence-corrected chi connectivity index (χ0v) is 12.1. The molecule has 0 saturated carbocycles. The van der Waals surface area contributed by atoms with Gasteiger partial charge in [0.2, 0.25) is 0 Å². The largest absolute Gasteiger partial charge is 0.309 e. The second-order valence-electron chi connectivity index (χ2n) is 4.45. The highest BCUT2D eigenvalue weighted by molar-refractivity contribution is 8.00. The molecular weight excluding hydrogens is 262 g/mol. The van der Waals surface area contributed by atoms with E-state index in [2.05, 4.69) is 39.0 Å². The first-order valence-electron chi connectivity index (χ1n) is 5.96. The molecule has 0 aliphatic carbocycles. The molecule has 94 valence electrons. The molecule has 0 bridgehead atoms. The third-order valence-electron chi connectivity index (χ3n) is 3.27. The van der Waals surface area contributed by atoms with Gasteiger partial charge in [0.05, 0.1) is 0 Å². The van der Waals surface area contributed by atoms with Crippen LogP contribution in [0, 0.1) is 6.92 Å². The van der Waals surface area contributed by atoms with Gasteiger partial charge >= 0.3 is 0 Å². The van der Waals surface area contributed by atoms with Crippen LogP contribution in [0.3, 0.4) is 0 Å². The van der Waals surface area contributed by atoms with E-state index in [0.29, 0.717) is 5.92 Å². The van der Waals surface area contributed by atoms with Crippen molar-refractivity contribution in [3.63, 3.8) is 0 Å². The zero-order chi connectivity index (χ0) is 12.5. The molecule has 1 aromatic carbocycles. The van der Waals surface area contributed by atoms with Crippen LogP contribution in [0.5, 0.6) is 0 Å². The number of aryl methyl sites for hydroxylation is 1. The lowest BCUT2D eigenvalue weighted by Gasteiger charge is -2.09. The van der Waals surface area contributed by atoms with Crippen LogP contribution in [0.1, 0.15) is 17.3 Å². The minimum absolute atomic E-state index is 0.633. The molecule has 2 heterocycles. The Labute approximate surface area is 115 Å². The number of thioether (sulfide) groups is 2. The lowest BCUT2D eigenvalue weighted by atomic mass is 10.0. The van der Waals surface area contributed by atoms with Crippen molar-refractivity contribution in [2.45, 2.75) is 22.9 Å². The summed E-state index contributed by atoms with van der Waals surface area (Å²) in [6.07, 6.45) is 0. The van der Waals surface area contributed by atoms with Crippen molar-refractivity contribution in [3.8, 4) is 0 Å². The van der Waals surface area contributed by atoms with Crippen molar-refractivity contribution < 1.29 is 0 Å². The predicted octanol–water partition coefficient (Wildman–Crippen LogP) is 3.11. The fraction of sp³-hybridized carbons (Fsp3) is 0.385. The van der Waals surface area contributed by atoms with Crippen LogP contribution in [0.25, 0.3) is 0 Å². The number of nitrogens with zero attached hydrogens (tertiary/aromatic N) is 3. The van der Waals surface area contributed by atoms with Crippen LogP contribution in [-0.2, 0) is 7.05 Å². The Morgan fingerprint density at radius 3 is 3.00 bits per heavy atom. The maximum absolute atomic E-state index is 4.20. The number of aromatic nitrogens is 3. The van der Waals surface area contributed by atoms with E-state index in [1.807, 2.05) is 25.7 Å². The molecule has 1 atom stereocenters. The fourth-order valence-electron chi connectivity index (χ4n) is 2.06. The van der Waals surface area contributed by atoms with Gasteiger partial charge in [-0.3, -0.25) is 0 Å². The maximum atomic E-state index is 4.20. The Hall–Kier alpha value is -0.940. The molecule has 1 aliphatic heterocycles. The molecule has 0 spiro atoms. The third-order valence-corrected chi connectivity index (χ3v) is 5.70. The summed E-state index contributed by atoms with van der Waals surface area (Å²) in [7, 11) is 2.02. The molecule has 1 aliphatic rings. The monoisotopic (exact) mass is 277 g/mol. The Bertz CT molecular complexity index is 565. The second kappa shape index (κ2) is 4.97. The van der Waals surface area contributed by atoms with Gasteiger partial charge in [0.15, 0.2) is 5.16 Å². The van der Waals surface area contributed by atoms with Gasteiger partial charge in [-0.1, -0.05) is 30.0 Å². The Kier molecular flexibility index (Phi) is 3.35. The van der Waals surface area contributed by atoms with Crippen LogP contribution < -0.4 is 0 Å². The molecule has 3 nitrogen and oxygen atoms in total. The van der Waals surface area contributed by atoms with Crippen LogP contribution in [0.4, 0.5) is 0 Å². The van der Waals surface area contributed by atoms with Gasteiger partial charge in [0.25, 0.3) is 0 Å². The lowest BCUT2D eigenvalue weighted by molar-refractivity contribution is 0.762. The van der Waals surface area contributed by atoms with E-state index in [0.717, 1.165) is 16.7 Å². The van der Waals surface area contributed by atoms with E-state index in [1.54, 1.807) is 11.8 Å². The zero-order valence-electron chi connectivity index (χ0n) is 10.5. The molecule has 18 heavy (non-hydrogen) atoms. The molecule has 0 amide bonds. The summed E-state index contributed by atoms with van der Waals surface area (Å²) in [6, 6.07) is 8.72. The number of benzene rings is 1.